The van der Waals surface area contributed by atoms with Gasteiger partial charge in [0, 0.05) is 16.0 Å². The van der Waals surface area contributed by atoms with Gasteiger partial charge in [0.05, 0.1) is 6.54 Å². The summed E-state index contributed by atoms with van der Waals surface area (Å²) < 4.78 is 0. The van der Waals surface area contributed by atoms with Crippen molar-refractivity contribution in [2.24, 2.45) is 0 Å². The van der Waals surface area contributed by atoms with E-state index in [1.165, 1.54) is 9.75 Å². The van der Waals surface area contributed by atoms with Gasteiger partial charge in [-0.3, -0.25) is 0 Å². The Morgan fingerprint density at radius 1 is 1.25 bits per heavy atom. The Labute approximate surface area is 99.6 Å². The topological polar surface area (TPSA) is 37.8 Å². The number of thiophene rings is 1. The van der Waals surface area contributed by atoms with Gasteiger partial charge in [-0.2, -0.15) is 0 Å². The first-order valence-electron chi connectivity index (χ1n) is 5.39. The zero-order chi connectivity index (χ0) is 11.4. The third kappa shape index (κ3) is 2.79. The smallest absolute Gasteiger partial charge is 0.129 e. The van der Waals surface area contributed by atoms with E-state index in [0.29, 0.717) is 0 Å². The molecule has 84 valence electrons. The maximum absolute atomic E-state index is 4.30. The number of aromatic nitrogens is 2. The van der Waals surface area contributed by atoms with Gasteiger partial charge >= 0.3 is 0 Å². The molecule has 1 N–H and O–H groups in total. The maximum Gasteiger partial charge on any atom is 0.129 e. The van der Waals surface area contributed by atoms with E-state index in [-0.39, 0.29) is 0 Å². The minimum Gasteiger partial charge on any atom is -0.365 e. The first-order valence-corrected chi connectivity index (χ1v) is 6.20. The summed E-state index contributed by atoms with van der Waals surface area (Å²) in [6.07, 6.45) is 2.88. The summed E-state index contributed by atoms with van der Waals surface area (Å²) in [5, 5.41) is 3.30. The van der Waals surface area contributed by atoms with Crippen molar-refractivity contribution in [1.29, 1.82) is 0 Å². The van der Waals surface area contributed by atoms with Crippen molar-refractivity contribution < 1.29 is 0 Å². The fourth-order valence-electron chi connectivity index (χ4n) is 1.44. The lowest BCUT2D eigenvalue weighted by atomic mass is 10.3. The van der Waals surface area contributed by atoms with Crippen molar-refractivity contribution in [3.8, 4) is 0 Å². The third-order valence-electron chi connectivity index (χ3n) is 2.29. The molecule has 2 heterocycles. The van der Waals surface area contributed by atoms with Crippen LogP contribution in [0, 0.1) is 6.92 Å². The second-order valence-corrected chi connectivity index (χ2v) is 4.82. The van der Waals surface area contributed by atoms with Crippen LogP contribution in [0.5, 0.6) is 0 Å². The molecule has 2 rings (SSSR count). The number of hydrogen-bond donors (Lipinski definition) is 1. The van der Waals surface area contributed by atoms with Gasteiger partial charge in [-0.05, 0) is 31.5 Å². The highest BCUT2D eigenvalue weighted by atomic mass is 32.1. The molecule has 16 heavy (non-hydrogen) atoms. The van der Waals surface area contributed by atoms with Crippen molar-refractivity contribution in [2.75, 3.05) is 5.32 Å². The van der Waals surface area contributed by atoms with E-state index in [2.05, 4.69) is 34.3 Å². The second kappa shape index (κ2) is 5.07. The predicted octanol–water partition coefficient (Wildman–Crippen LogP) is 3.02. The van der Waals surface area contributed by atoms with E-state index >= 15 is 0 Å². The average molecular weight is 233 g/mol. The zero-order valence-electron chi connectivity index (χ0n) is 9.53. The van der Waals surface area contributed by atoms with Crippen LogP contribution in [-0.4, -0.2) is 9.97 Å². The molecule has 2 aromatic rings. The highest BCUT2D eigenvalue weighted by molar-refractivity contribution is 7.12. The summed E-state index contributed by atoms with van der Waals surface area (Å²) in [7, 11) is 0. The molecule has 0 aromatic carbocycles. The molecule has 0 unspecified atom stereocenters. The molecule has 0 saturated heterocycles. The van der Waals surface area contributed by atoms with E-state index in [9.17, 15) is 0 Å². The van der Waals surface area contributed by atoms with Crippen LogP contribution >= 0.6 is 11.3 Å². The summed E-state index contributed by atoms with van der Waals surface area (Å²) in [6, 6.07) is 6.25. The standard InChI is InChI=1S/C12H15N3S/c1-3-10-4-5-11(16-10)8-14-12-6-7-13-9(2)15-12/h4-7H,3,8H2,1-2H3,(H,13,14,15). The van der Waals surface area contributed by atoms with E-state index in [1.54, 1.807) is 6.20 Å². The first-order chi connectivity index (χ1) is 7.78. The van der Waals surface area contributed by atoms with Crippen molar-refractivity contribution in [3.63, 3.8) is 0 Å². The van der Waals surface area contributed by atoms with E-state index < -0.39 is 0 Å². The van der Waals surface area contributed by atoms with Crippen LogP contribution in [0.2, 0.25) is 0 Å². The largest absolute Gasteiger partial charge is 0.365 e. The summed E-state index contributed by atoms with van der Waals surface area (Å²) in [6.45, 7) is 4.91. The number of rotatable bonds is 4. The van der Waals surface area contributed by atoms with Crippen LogP contribution in [0.3, 0.4) is 0 Å². The molecule has 2 aromatic heterocycles. The van der Waals surface area contributed by atoms with Crippen LogP contribution in [0.1, 0.15) is 22.5 Å². The van der Waals surface area contributed by atoms with Crippen molar-refractivity contribution in [3.05, 3.63) is 40.0 Å². The van der Waals surface area contributed by atoms with Crippen LogP contribution in [0.15, 0.2) is 24.4 Å². The van der Waals surface area contributed by atoms with E-state index in [0.717, 1.165) is 24.6 Å². The Morgan fingerprint density at radius 3 is 2.75 bits per heavy atom. The minimum absolute atomic E-state index is 0.797. The Balaban J connectivity index is 1.96. The number of nitrogens with zero attached hydrogens (tertiary/aromatic N) is 2. The Hall–Kier alpha value is -1.42. The number of aryl methyl sites for hydroxylation is 2. The molecule has 4 heteroatoms. The van der Waals surface area contributed by atoms with Gasteiger partial charge in [0.2, 0.25) is 0 Å². The number of hydrogen-bond acceptors (Lipinski definition) is 4. The van der Waals surface area contributed by atoms with Crippen molar-refractivity contribution in [1.82, 2.24) is 9.97 Å². The predicted molar refractivity (Wildman–Crippen MR) is 67.8 cm³/mol. The molecule has 0 atom stereocenters. The summed E-state index contributed by atoms with van der Waals surface area (Å²) >= 11 is 1.85. The lowest BCUT2D eigenvalue weighted by Gasteiger charge is -2.03. The fraction of sp³-hybridized carbons (Fsp3) is 0.333. The number of anilines is 1. The van der Waals surface area contributed by atoms with Crippen molar-refractivity contribution in [2.45, 2.75) is 26.8 Å². The Bertz CT molecular complexity index is 465. The van der Waals surface area contributed by atoms with Crippen LogP contribution in [0.4, 0.5) is 5.82 Å². The van der Waals surface area contributed by atoms with Gasteiger partial charge in [-0.15, -0.1) is 11.3 Å². The summed E-state index contributed by atoms with van der Waals surface area (Å²) in [4.78, 5) is 11.1. The molecular weight excluding hydrogens is 218 g/mol. The normalized spacial score (nSPS) is 10.4. The van der Waals surface area contributed by atoms with Crippen LogP contribution < -0.4 is 5.32 Å². The molecular formula is C12H15N3S. The van der Waals surface area contributed by atoms with Gasteiger partial charge < -0.3 is 5.32 Å². The zero-order valence-corrected chi connectivity index (χ0v) is 10.3. The molecule has 3 nitrogen and oxygen atoms in total. The third-order valence-corrected chi connectivity index (χ3v) is 3.52. The van der Waals surface area contributed by atoms with Gasteiger partial charge in [-0.25, -0.2) is 9.97 Å². The monoisotopic (exact) mass is 233 g/mol. The van der Waals surface area contributed by atoms with Crippen LogP contribution in [-0.2, 0) is 13.0 Å². The molecule has 0 fully saturated rings. The molecule has 0 radical (unpaired) electrons. The molecule has 0 aliphatic heterocycles. The molecule has 0 bridgehead atoms. The highest BCUT2D eigenvalue weighted by Gasteiger charge is 1.99. The quantitative estimate of drug-likeness (QED) is 0.882. The Morgan fingerprint density at radius 2 is 2.06 bits per heavy atom. The lowest BCUT2D eigenvalue weighted by Crippen LogP contribution is -2.01. The van der Waals surface area contributed by atoms with Crippen LogP contribution in [0.25, 0.3) is 0 Å². The molecule has 0 aliphatic carbocycles. The average Bonchev–Trinajstić information content (AvgIpc) is 2.74. The minimum atomic E-state index is 0.797. The lowest BCUT2D eigenvalue weighted by molar-refractivity contribution is 1.03. The highest BCUT2D eigenvalue weighted by Crippen LogP contribution is 2.17. The molecule has 0 amide bonds. The molecule has 0 saturated carbocycles. The van der Waals surface area contributed by atoms with Gasteiger partial charge in [0.15, 0.2) is 0 Å². The molecule has 0 aliphatic rings. The maximum atomic E-state index is 4.30. The number of nitrogens with one attached hydrogen (secondary N) is 1. The molecule has 0 spiro atoms. The van der Waals surface area contributed by atoms with E-state index in [1.807, 2.05) is 24.3 Å². The second-order valence-electron chi connectivity index (χ2n) is 3.56. The van der Waals surface area contributed by atoms with Gasteiger partial charge in [0.1, 0.15) is 11.6 Å². The van der Waals surface area contributed by atoms with Gasteiger partial charge in [0.25, 0.3) is 0 Å². The Kier molecular flexibility index (Phi) is 3.51. The van der Waals surface area contributed by atoms with E-state index in [4.69, 9.17) is 0 Å². The summed E-state index contributed by atoms with van der Waals surface area (Å²) in [5.74, 6) is 1.68. The summed E-state index contributed by atoms with van der Waals surface area (Å²) in [5.41, 5.74) is 0. The van der Waals surface area contributed by atoms with Crippen molar-refractivity contribution >= 4 is 17.2 Å². The van der Waals surface area contributed by atoms with Gasteiger partial charge in [-0.1, -0.05) is 6.92 Å². The first kappa shape index (κ1) is 11.1. The fourth-order valence-corrected chi connectivity index (χ4v) is 2.34. The SMILES string of the molecule is CCc1ccc(CNc2ccnc(C)n2)s1.